The summed E-state index contributed by atoms with van der Waals surface area (Å²) >= 11 is 1.49. The number of nitrogens with one attached hydrogen (secondary N) is 1. The fraction of sp³-hybridized carbons (Fsp3) is 0.615. The van der Waals surface area contributed by atoms with Gasteiger partial charge in [-0.25, -0.2) is 14.6 Å². The van der Waals surface area contributed by atoms with Gasteiger partial charge >= 0.3 is 12.0 Å². The second-order valence-corrected chi connectivity index (χ2v) is 6.05. The summed E-state index contributed by atoms with van der Waals surface area (Å²) in [5.41, 5.74) is 2.64. The van der Waals surface area contributed by atoms with Gasteiger partial charge in [0.1, 0.15) is 6.04 Å². The molecule has 1 saturated heterocycles. The molecule has 1 aliphatic heterocycles. The molecule has 2 atom stereocenters. The van der Waals surface area contributed by atoms with E-state index in [1.165, 1.54) is 16.2 Å². The van der Waals surface area contributed by atoms with Crippen molar-refractivity contribution in [3.63, 3.8) is 0 Å². The van der Waals surface area contributed by atoms with Crippen molar-refractivity contribution in [2.75, 3.05) is 6.54 Å². The van der Waals surface area contributed by atoms with Gasteiger partial charge in [-0.2, -0.15) is 0 Å². The maximum atomic E-state index is 12.2. The first kappa shape index (κ1) is 14.8. The molecule has 0 spiro atoms. The van der Waals surface area contributed by atoms with Crippen LogP contribution in [0, 0.1) is 12.8 Å². The number of hydrogen-bond donors (Lipinski definition) is 2. The third kappa shape index (κ3) is 3.09. The zero-order chi connectivity index (χ0) is 14.7. The lowest BCUT2D eigenvalue weighted by Crippen LogP contribution is -2.54. The number of likely N-dealkylation sites (tertiary alicyclic amines) is 1. The number of aromatic nitrogens is 1. The van der Waals surface area contributed by atoms with Gasteiger partial charge in [0.05, 0.1) is 17.7 Å². The molecular formula is C13H19N3O3S. The molecule has 2 heterocycles. The van der Waals surface area contributed by atoms with Crippen molar-refractivity contribution in [3.8, 4) is 0 Å². The summed E-state index contributed by atoms with van der Waals surface area (Å²) in [6.07, 6.45) is 1.69. The Labute approximate surface area is 121 Å². The standard InChI is InChI=1S/C13H19N3O3S/c1-8-4-3-5-16(11(8)12(17)18)13(19)14-6-10-9(2)15-7-20-10/h7-8,11H,3-6H2,1-2H3,(H,14,19)(H,17,18). The van der Waals surface area contributed by atoms with Crippen LogP contribution in [0.15, 0.2) is 5.51 Å². The van der Waals surface area contributed by atoms with E-state index in [1.54, 1.807) is 5.51 Å². The first-order valence-electron chi connectivity index (χ1n) is 6.67. The summed E-state index contributed by atoms with van der Waals surface area (Å²) in [6, 6.07) is -1.04. The Morgan fingerprint density at radius 3 is 2.95 bits per heavy atom. The molecule has 20 heavy (non-hydrogen) atoms. The van der Waals surface area contributed by atoms with E-state index in [9.17, 15) is 14.7 Å². The Morgan fingerprint density at radius 2 is 2.35 bits per heavy atom. The van der Waals surface area contributed by atoms with Crippen molar-refractivity contribution in [2.24, 2.45) is 5.92 Å². The molecule has 0 aromatic carbocycles. The lowest BCUT2D eigenvalue weighted by molar-refractivity contribution is -0.145. The van der Waals surface area contributed by atoms with Crippen LogP contribution in [0.4, 0.5) is 4.79 Å². The number of piperidine rings is 1. The molecule has 2 N–H and O–H groups in total. The third-order valence-corrected chi connectivity index (χ3v) is 4.63. The van der Waals surface area contributed by atoms with E-state index in [4.69, 9.17) is 0 Å². The Morgan fingerprint density at radius 1 is 1.60 bits per heavy atom. The highest BCUT2D eigenvalue weighted by Crippen LogP contribution is 2.23. The van der Waals surface area contributed by atoms with Crippen LogP contribution >= 0.6 is 11.3 Å². The van der Waals surface area contributed by atoms with Crippen LogP contribution in [0.5, 0.6) is 0 Å². The normalized spacial score (nSPS) is 22.6. The van der Waals surface area contributed by atoms with Gasteiger partial charge in [-0.05, 0) is 25.7 Å². The molecular weight excluding hydrogens is 278 g/mol. The van der Waals surface area contributed by atoms with E-state index in [1.807, 2.05) is 13.8 Å². The van der Waals surface area contributed by atoms with E-state index < -0.39 is 12.0 Å². The van der Waals surface area contributed by atoms with E-state index >= 15 is 0 Å². The quantitative estimate of drug-likeness (QED) is 0.892. The molecule has 2 rings (SSSR count). The Bertz CT molecular complexity index is 503. The highest BCUT2D eigenvalue weighted by atomic mass is 32.1. The predicted molar refractivity (Wildman–Crippen MR) is 75.6 cm³/mol. The van der Waals surface area contributed by atoms with E-state index in [-0.39, 0.29) is 11.9 Å². The molecule has 0 saturated carbocycles. The summed E-state index contributed by atoms with van der Waals surface area (Å²) in [7, 11) is 0. The third-order valence-electron chi connectivity index (χ3n) is 3.69. The molecule has 2 unspecified atom stereocenters. The minimum Gasteiger partial charge on any atom is -0.480 e. The number of carboxylic acids is 1. The molecule has 7 heteroatoms. The number of nitrogens with zero attached hydrogens (tertiary/aromatic N) is 2. The van der Waals surface area contributed by atoms with Crippen molar-refractivity contribution in [1.29, 1.82) is 0 Å². The van der Waals surface area contributed by atoms with E-state index in [0.717, 1.165) is 23.4 Å². The SMILES string of the molecule is Cc1ncsc1CNC(=O)N1CCCC(C)C1C(=O)O. The summed E-state index contributed by atoms with van der Waals surface area (Å²) < 4.78 is 0. The minimum atomic E-state index is -0.929. The maximum absolute atomic E-state index is 12.2. The number of rotatable bonds is 3. The molecule has 110 valence electrons. The average Bonchev–Trinajstić information content (AvgIpc) is 2.80. The molecule has 1 fully saturated rings. The van der Waals surface area contributed by atoms with Crippen molar-refractivity contribution in [1.82, 2.24) is 15.2 Å². The fourth-order valence-electron chi connectivity index (χ4n) is 2.55. The fourth-order valence-corrected chi connectivity index (χ4v) is 3.26. The number of hydrogen-bond acceptors (Lipinski definition) is 4. The zero-order valence-corrected chi connectivity index (χ0v) is 12.4. The number of carboxylic acid groups (broad SMARTS) is 1. The highest BCUT2D eigenvalue weighted by molar-refractivity contribution is 7.09. The number of aryl methyl sites for hydroxylation is 1. The summed E-state index contributed by atoms with van der Waals surface area (Å²) in [5, 5.41) is 12.1. The lowest BCUT2D eigenvalue weighted by Gasteiger charge is -2.37. The Balaban J connectivity index is 2.00. The molecule has 0 bridgehead atoms. The van der Waals surface area contributed by atoms with Crippen LogP contribution < -0.4 is 5.32 Å². The lowest BCUT2D eigenvalue weighted by atomic mass is 9.91. The Kier molecular flexibility index (Phi) is 4.59. The van der Waals surface area contributed by atoms with Gasteiger partial charge < -0.3 is 15.3 Å². The first-order valence-corrected chi connectivity index (χ1v) is 7.55. The summed E-state index contributed by atoms with van der Waals surface area (Å²) in [6.45, 7) is 4.66. The zero-order valence-electron chi connectivity index (χ0n) is 11.6. The van der Waals surface area contributed by atoms with Crippen molar-refractivity contribution >= 4 is 23.3 Å². The van der Waals surface area contributed by atoms with Crippen LogP contribution in [-0.2, 0) is 11.3 Å². The number of carbonyl (C=O) groups excluding carboxylic acids is 1. The molecule has 1 aromatic rings. The summed E-state index contributed by atoms with van der Waals surface area (Å²) in [4.78, 5) is 30.1. The van der Waals surface area contributed by atoms with Crippen molar-refractivity contribution in [2.45, 2.75) is 39.3 Å². The van der Waals surface area contributed by atoms with Crippen LogP contribution in [0.1, 0.15) is 30.3 Å². The van der Waals surface area contributed by atoms with E-state index in [0.29, 0.717) is 13.1 Å². The predicted octanol–water partition coefficient (Wildman–Crippen LogP) is 1.85. The monoisotopic (exact) mass is 297 g/mol. The first-order chi connectivity index (χ1) is 9.50. The van der Waals surface area contributed by atoms with Gasteiger partial charge in [0.25, 0.3) is 0 Å². The van der Waals surface area contributed by atoms with Gasteiger partial charge in [0, 0.05) is 11.4 Å². The molecule has 2 amide bonds. The van der Waals surface area contributed by atoms with Gasteiger partial charge in [-0.15, -0.1) is 11.3 Å². The molecule has 0 radical (unpaired) electrons. The van der Waals surface area contributed by atoms with Crippen molar-refractivity contribution in [3.05, 3.63) is 16.1 Å². The minimum absolute atomic E-state index is 0.0165. The second kappa shape index (κ2) is 6.21. The number of urea groups is 1. The van der Waals surface area contributed by atoms with Gasteiger partial charge in [0.2, 0.25) is 0 Å². The van der Waals surface area contributed by atoms with Gasteiger partial charge in [0.15, 0.2) is 0 Å². The molecule has 1 aromatic heterocycles. The van der Waals surface area contributed by atoms with Crippen LogP contribution in [0.3, 0.4) is 0 Å². The molecule has 0 aliphatic carbocycles. The van der Waals surface area contributed by atoms with Gasteiger partial charge in [-0.3, -0.25) is 0 Å². The number of amides is 2. The van der Waals surface area contributed by atoms with Crippen LogP contribution in [-0.4, -0.2) is 39.6 Å². The van der Waals surface area contributed by atoms with Crippen LogP contribution in [0.25, 0.3) is 0 Å². The highest BCUT2D eigenvalue weighted by Gasteiger charge is 2.36. The van der Waals surface area contributed by atoms with E-state index in [2.05, 4.69) is 10.3 Å². The average molecular weight is 297 g/mol. The number of aliphatic carboxylic acids is 1. The smallest absolute Gasteiger partial charge is 0.326 e. The summed E-state index contributed by atoms with van der Waals surface area (Å²) in [5.74, 6) is -0.946. The number of carbonyl (C=O) groups is 2. The molecule has 1 aliphatic rings. The topological polar surface area (TPSA) is 82.5 Å². The van der Waals surface area contributed by atoms with Crippen molar-refractivity contribution < 1.29 is 14.7 Å². The largest absolute Gasteiger partial charge is 0.480 e. The molecule has 6 nitrogen and oxygen atoms in total. The van der Waals surface area contributed by atoms with Gasteiger partial charge in [-0.1, -0.05) is 6.92 Å². The maximum Gasteiger partial charge on any atom is 0.326 e. The second-order valence-electron chi connectivity index (χ2n) is 5.12. The van der Waals surface area contributed by atoms with Crippen LogP contribution in [0.2, 0.25) is 0 Å². The Hall–Kier alpha value is -1.63. The number of thiazole rings is 1.